The van der Waals surface area contributed by atoms with Crippen molar-refractivity contribution < 1.29 is 19.0 Å². The Morgan fingerprint density at radius 2 is 1.93 bits per heavy atom. The van der Waals surface area contributed by atoms with Gasteiger partial charge in [-0.15, -0.1) is 0 Å². The number of likely N-dealkylation sites (tertiary alicyclic amines) is 1. The van der Waals surface area contributed by atoms with Gasteiger partial charge in [-0.2, -0.15) is 0 Å². The van der Waals surface area contributed by atoms with Gasteiger partial charge in [0.2, 0.25) is 5.91 Å². The second kappa shape index (κ2) is 8.78. The number of carbonyl (C=O) groups is 1. The smallest absolute Gasteiger partial charge is 0.316 e. The van der Waals surface area contributed by atoms with Crippen molar-refractivity contribution in [1.29, 1.82) is 0 Å². The molecule has 154 valence electrons. The van der Waals surface area contributed by atoms with Crippen molar-refractivity contribution in [3.8, 4) is 11.8 Å². The van der Waals surface area contributed by atoms with Crippen LogP contribution in [-0.2, 0) is 16.0 Å². The van der Waals surface area contributed by atoms with E-state index in [0.29, 0.717) is 32.1 Å². The third-order valence-electron chi connectivity index (χ3n) is 5.80. The van der Waals surface area contributed by atoms with Gasteiger partial charge < -0.3 is 19.1 Å². The number of aromatic nitrogens is 2. The number of nitrogens with zero attached hydrogens (tertiary/aromatic N) is 3. The number of piperidine rings is 1. The minimum absolute atomic E-state index is 0.0488. The normalized spacial score (nSPS) is 21.0. The molecule has 0 saturated carbocycles. The van der Waals surface area contributed by atoms with E-state index in [4.69, 9.17) is 14.2 Å². The van der Waals surface area contributed by atoms with Crippen LogP contribution >= 0.6 is 0 Å². The first-order valence-corrected chi connectivity index (χ1v) is 10.1. The third kappa shape index (κ3) is 4.85. The van der Waals surface area contributed by atoms with Gasteiger partial charge in [0.25, 0.3) is 0 Å². The van der Waals surface area contributed by atoms with Gasteiger partial charge >= 0.3 is 6.01 Å². The molecule has 7 heteroatoms. The Hall–Kier alpha value is -2.67. The van der Waals surface area contributed by atoms with E-state index >= 15 is 0 Å². The number of carbonyl (C=O) groups excluding carboxylic acids is 1. The highest BCUT2D eigenvalue weighted by molar-refractivity contribution is 5.79. The Labute approximate surface area is 171 Å². The second-order valence-electron chi connectivity index (χ2n) is 7.70. The summed E-state index contributed by atoms with van der Waals surface area (Å²) in [5, 5.41) is 0. The van der Waals surface area contributed by atoms with E-state index in [-0.39, 0.29) is 17.6 Å². The van der Waals surface area contributed by atoms with Crippen molar-refractivity contribution in [2.45, 2.75) is 43.8 Å². The number of ether oxygens (including phenoxy) is 3. The van der Waals surface area contributed by atoms with Crippen molar-refractivity contribution >= 4 is 5.91 Å². The fourth-order valence-electron chi connectivity index (χ4n) is 4.12. The fourth-order valence-corrected chi connectivity index (χ4v) is 4.12. The molecule has 1 atom stereocenters. The van der Waals surface area contributed by atoms with E-state index < -0.39 is 0 Å². The molecule has 1 unspecified atom stereocenters. The number of hydrogen-bond acceptors (Lipinski definition) is 6. The van der Waals surface area contributed by atoms with Gasteiger partial charge in [-0.3, -0.25) is 4.79 Å². The summed E-state index contributed by atoms with van der Waals surface area (Å²) in [6.45, 7) is 2.09. The number of amides is 1. The van der Waals surface area contributed by atoms with E-state index in [1.807, 2.05) is 29.2 Å². The molecule has 0 radical (unpaired) electrons. The van der Waals surface area contributed by atoms with Crippen LogP contribution in [0.3, 0.4) is 0 Å². The summed E-state index contributed by atoms with van der Waals surface area (Å²) in [5.74, 6) is 0.958. The molecule has 1 spiro atoms. The number of rotatable bonds is 5. The van der Waals surface area contributed by atoms with Crippen molar-refractivity contribution in [2.24, 2.45) is 0 Å². The van der Waals surface area contributed by atoms with E-state index in [2.05, 4.69) is 9.97 Å². The van der Waals surface area contributed by atoms with E-state index in [0.717, 1.165) is 37.0 Å². The Bertz CT molecular complexity index is 805. The summed E-state index contributed by atoms with van der Waals surface area (Å²) < 4.78 is 17.3. The molecule has 0 bridgehead atoms. The quantitative estimate of drug-likeness (QED) is 0.772. The molecule has 3 heterocycles. The molecule has 2 aliphatic heterocycles. The van der Waals surface area contributed by atoms with Crippen molar-refractivity contribution in [2.75, 3.05) is 26.8 Å². The lowest BCUT2D eigenvalue weighted by atomic mass is 9.83. The van der Waals surface area contributed by atoms with Gasteiger partial charge in [-0.25, -0.2) is 9.97 Å². The van der Waals surface area contributed by atoms with Crippen LogP contribution in [-0.4, -0.2) is 59.3 Å². The first-order chi connectivity index (χ1) is 14.2. The highest BCUT2D eigenvalue weighted by Gasteiger charge is 2.42. The highest BCUT2D eigenvalue weighted by atomic mass is 16.5. The van der Waals surface area contributed by atoms with Gasteiger partial charge in [0.05, 0.1) is 25.7 Å². The zero-order chi connectivity index (χ0) is 20.1. The lowest BCUT2D eigenvalue weighted by Gasteiger charge is -2.45. The molecule has 2 saturated heterocycles. The van der Waals surface area contributed by atoms with Crippen LogP contribution in [0.1, 0.15) is 31.2 Å². The molecule has 7 nitrogen and oxygen atoms in total. The van der Waals surface area contributed by atoms with E-state index in [9.17, 15) is 4.79 Å². The van der Waals surface area contributed by atoms with Gasteiger partial charge in [0.1, 0.15) is 11.9 Å². The van der Waals surface area contributed by atoms with Crippen molar-refractivity contribution in [3.63, 3.8) is 0 Å². The van der Waals surface area contributed by atoms with E-state index in [1.165, 1.54) is 0 Å². The molecule has 0 N–H and O–H groups in total. The molecule has 1 aromatic carbocycles. The maximum Gasteiger partial charge on any atom is 0.316 e. The standard InChI is InChI=1S/C22H27N3O4/c1-27-18-5-3-17(4-6-18)15-20(26)25-12-8-22(9-13-25)16-19(7-14-28-22)29-21-23-10-2-11-24-21/h2-6,10-11,19H,7-9,12-16H2,1H3. The first kappa shape index (κ1) is 19.6. The van der Waals surface area contributed by atoms with Crippen LogP contribution in [0.5, 0.6) is 11.8 Å². The number of methoxy groups -OCH3 is 1. The third-order valence-corrected chi connectivity index (χ3v) is 5.80. The maximum absolute atomic E-state index is 12.7. The van der Waals surface area contributed by atoms with Crippen LogP contribution in [0, 0.1) is 0 Å². The van der Waals surface area contributed by atoms with Crippen LogP contribution in [0.2, 0.25) is 0 Å². The van der Waals surface area contributed by atoms with Gasteiger partial charge in [-0.1, -0.05) is 12.1 Å². The minimum atomic E-state index is -0.214. The average Bonchev–Trinajstić information content (AvgIpc) is 2.75. The Morgan fingerprint density at radius 1 is 1.21 bits per heavy atom. The molecule has 1 amide bonds. The van der Waals surface area contributed by atoms with Crippen LogP contribution in [0.25, 0.3) is 0 Å². The summed E-state index contributed by atoms with van der Waals surface area (Å²) in [4.78, 5) is 23.0. The van der Waals surface area contributed by atoms with Crippen molar-refractivity contribution in [3.05, 3.63) is 48.3 Å². The largest absolute Gasteiger partial charge is 0.497 e. The summed E-state index contributed by atoms with van der Waals surface area (Å²) in [7, 11) is 1.64. The van der Waals surface area contributed by atoms with Gasteiger partial charge in [0, 0.05) is 38.3 Å². The summed E-state index contributed by atoms with van der Waals surface area (Å²) in [5.41, 5.74) is 0.788. The Kier molecular flexibility index (Phi) is 5.94. The lowest BCUT2D eigenvalue weighted by molar-refractivity contribution is -0.151. The molecular formula is C22H27N3O4. The van der Waals surface area contributed by atoms with Gasteiger partial charge in [0.15, 0.2) is 0 Å². The molecule has 0 aliphatic carbocycles. The zero-order valence-corrected chi connectivity index (χ0v) is 16.8. The Morgan fingerprint density at radius 3 is 2.62 bits per heavy atom. The zero-order valence-electron chi connectivity index (χ0n) is 16.8. The van der Waals surface area contributed by atoms with Crippen LogP contribution in [0.4, 0.5) is 0 Å². The fraction of sp³-hybridized carbons (Fsp3) is 0.500. The molecule has 2 aliphatic rings. The SMILES string of the molecule is COc1ccc(CC(=O)N2CCC3(CC2)CC(Oc2ncccn2)CCO3)cc1. The summed E-state index contributed by atoms with van der Waals surface area (Å²) in [6, 6.07) is 9.86. The maximum atomic E-state index is 12.7. The van der Waals surface area contributed by atoms with Crippen LogP contribution in [0.15, 0.2) is 42.7 Å². The molecule has 2 fully saturated rings. The molecule has 29 heavy (non-hydrogen) atoms. The second-order valence-corrected chi connectivity index (χ2v) is 7.70. The monoisotopic (exact) mass is 397 g/mol. The molecular weight excluding hydrogens is 370 g/mol. The lowest BCUT2D eigenvalue weighted by Crippen LogP contribution is -2.52. The van der Waals surface area contributed by atoms with E-state index in [1.54, 1.807) is 25.6 Å². The predicted molar refractivity (Wildman–Crippen MR) is 107 cm³/mol. The minimum Gasteiger partial charge on any atom is -0.497 e. The highest BCUT2D eigenvalue weighted by Crippen LogP contribution is 2.36. The predicted octanol–water partition coefficient (Wildman–Crippen LogP) is 2.65. The number of hydrogen-bond donors (Lipinski definition) is 0. The van der Waals surface area contributed by atoms with Crippen molar-refractivity contribution in [1.82, 2.24) is 14.9 Å². The first-order valence-electron chi connectivity index (χ1n) is 10.1. The van der Waals surface area contributed by atoms with Crippen LogP contribution < -0.4 is 9.47 Å². The number of benzene rings is 1. The summed E-state index contributed by atoms with van der Waals surface area (Å²) >= 11 is 0. The molecule has 4 rings (SSSR count). The van der Waals surface area contributed by atoms with Gasteiger partial charge in [-0.05, 0) is 36.6 Å². The molecule has 1 aromatic heterocycles. The Balaban J connectivity index is 1.30. The topological polar surface area (TPSA) is 73.8 Å². The summed E-state index contributed by atoms with van der Waals surface area (Å²) in [6.07, 6.45) is 7.14. The average molecular weight is 397 g/mol. The molecule has 2 aromatic rings.